The highest BCUT2D eigenvalue weighted by atomic mass is 35.5. The standard InChI is InChI=1S/C21H24ClNO4/c1-14(2)15(3)23-20(24)13-27-21(25)18-6-4-5-7-19(18)26-12-16-8-10-17(22)11-9-16/h4-11,14-15H,12-13H2,1-3H3,(H,23,24)/t15-/m0/s1. The monoisotopic (exact) mass is 389 g/mol. The molecule has 5 nitrogen and oxygen atoms in total. The van der Waals surface area contributed by atoms with Crippen LogP contribution in [-0.2, 0) is 16.1 Å². The van der Waals surface area contributed by atoms with E-state index in [2.05, 4.69) is 5.32 Å². The van der Waals surface area contributed by atoms with Crippen molar-refractivity contribution < 1.29 is 19.1 Å². The molecule has 2 aromatic carbocycles. The van der Waals surface area contributed by atoms with Crippen LogP contribution in [0.5, 0.6) is 5.75 Å². The smallest absolute Gasteiger partial charge is 0.342 e. The maximum Gasteiger partial charge on any atom is 0.342 e. The Balaban J connectivity index is 1.94. The molecule has 2 aromatic rings. The number of carbonyl (C=O) groups is 2. The van der Waals surface area contributed by atoms with Crippen LogP contribution in [0.3, 0.4) is 0 Å². The van der Waals surface area contributed by atoms with Crippen LogP contribution in [0, 0.1) is 5.92 Å². The molecule has 0 aromatic heterocycles. The van der Waals surface area contributed by atoms with Crippen LogP contribution < -0.4 is 10.1 Å². The van der Waals surface area contributed by atoms with Crippen molar-refractivity contribution in [2.24, 2.45) is 5.92 Å². The van der Waals surface area contributed by atoms with Gasteiger partial charge in [0.1, 0.15) is 17.9 Å². The average molecular weight is 390 g/mol. The van der Waals surface area contributed by atoms with Crippen LogP contribution in [0.1, 0.15) is 36.7 Å². The van der Waals surface area contributed by atoms with E-state index < -0.39 is 5.97 Å². The lowest BCUT2D eigenvalue weighted by molar-refractivity contribution is -0.125. The van der Waals surface area contributed by atoms with E-state index in [-0.39, 0.29) is 30.7 Å². The van der Waals surface area contributed by atoms with Crippen LogP contribution in [0.25, 0.3) is 0 Å². The van der Waals surface area contributed by atoms with Gasteiger partial charge in [0.2, 0.25) is 0 Å². The predicted molar refractivity (Wildman–Crippen MR) is 105 cm³/mol. The van der Waals surface area contributed by atoms with E-state index in [1.807, 2.05) is 32.9 Å². The first-order valence-corrected chi connectivity index (χ1v) is 9.17. The number of carbonyl (C=O) groups excluding carboxylic acids is 2. The molecule has 0 aliphatic heterocycles. The molecule has 1 amide bonds. The summed E-state index contributed by atoms with van der Waals surface area (Å²) < 4.78 is 10.9. The summed E-state index contributed by atoms with van der Waals surface area (Å²) in [5.41, 5.74) is 1.20. The predicted octanol–water partition coefficient (Wildman–Crippen LogP) is 4.24. The average Bonchev–Trinajstić information content (AvgIpc) is 2.65. The zero-order chi connectivity index (χ0) is 19.8. The van der Waals surface area contributed by atoms with Gasteiger partial charge in [0.05, 0.1) is 0 Å². The van der Waals surface area contributed by atoms with Crippen LogP contribution in [0.15, 0.2) is 48.5 Å². The fourth-order valence-corrected chi connectivity index (χ4v) is 2.30. The number of nitrogens with one attached hydrogen (secondary N) is 1. The first kappa shape index (κ1) is 20.8. The summed E-state index contributed by atoms with van der Waals surface area (Å²) in [4.78, 5) is 24.2. The maximum absolute atomic E-state index is 12.3. The number of para-hydroxylation sites is 1. The molecule has 0 aliphatic rings. The van der Waals surface area contributed by atoms with Crippen LogP contribution in [-0.4, -0.2) is 24.5 Å². The molecule has 2 rings (SSSR count). The molecule has 27 heavy (non-hydrogen) atoms. The van der Waals surface area contributed by atoms with Gasteiger partial charge in [-0.2, -0.15) is 0 Å². The summed E-state index contributed by atoms with van der Waals surface area (Å²) in [5.74, 6) is -0.238. The molecule has 0 saturated heterocycles. The fraction of sp³-hybridized carbons (Fsp3) is 0.333. The molecule has 0 bridgehead atoms. The molecular formula is C21H24ClNO4. The van der Waals surface area contributed by atoms with Crippen LogP contribution in [0.4, 0.5) is 0 Å². The summed E-state index contributed by atoms with van der Waals surface area (Å²) in [6.07, 6.45) is 0. The van der Waals surface area contributed by atoms with E-state index in [0.717, 1.165) is 5.56 Å². The minimum absolute atomic E-state index is 0.00574. The Morgan fingerprint density at radius 2 is 1.70 bits per heavy atom. The lowest BCUT2D eigenvalue weighted by atomic mass is 10.1. The molecule has 0 saturated carbocycles. The van der Waals surface area contributed by atoms with E-state index in [1.165, 1.54) is 0 Å². The van der Waals surface area contributed by atoms with Crippen molar-refractivity contribution in [3.8, 4) is 5.75 Å². The summed E-state index contributed by atoms with van der Waals surface area (Å²) >= 11 is 5.87. The Hall–Kier alpha value is -2.53. The Morgan fingerprint density at radius 1 is 1.04 bits per heavy atom. The summed E-state index contributed by atoms with van der Waals surface area (Å²) in [6.45, 7) is 5.87. The second-order valence-electron chi connectivity index (χ2n) is 6.59. The molecule has 1 atom stereocenters. The SMILES string of the molecule is CC(C)[C@H](C)NC(=O)COC(=O)c1ccccc1OCc1ccc(Cl)cc1. The second-order valence-corrected chi connectivity index (χ2v) is 7.02. The Bertz CT molecular complexity index is 774. The summed E-state index contributed by atoms with van der Waals surface area (Å²) in [5, 5.41) is 3.44. The van der Waals surface area contributed by atoms with Gasteiger partial charge < -0.3 is 14.8 Å². The quantitative estimate of drug-likeness (QED) is 0.686. The maximum atomic E-state index is 12.3. The number of hydrogen-bond acceptors (Lipinski definition) is 4. The summed E-state index contributed by atoms with van der Waals surface area (Å²) in [6, 6.07) is 14.0. The first-order chi connectivity index (χ1) is 12.9. The lowest BCUT2D eigenvalue weighted by Gasteiger charge is -2.17. The first-order valence-electron chi connectivity index (χ1n) is 8.79. The molecule has 6 heteroatoms. The number of esters is 1. The van der Waals surface area contributed by atoms with Gasteiger partial charge in [0.15, 0.2) is 6.61 Å². The van der Waals surface area contributed by atoms with E-state index >= 15 is 0 Å². The van der Waals surface area contributed by atoms with Crippen LogP contribution in [0.2, 0.25) is 5.02 Å². The molecule has 0 aliphatic carbocycles. The molecule has 0 radical (unpaired) electrons. The van der Waals surface area contributed by atoms with Crippen molar-refractivity contribution in [2.45, 2.75) is 33.4 Å². The Kier molecular flexibility index (Phi) is 7.67. The molecule has 0 fully saturated rings. The molecule has 144 valence electrons. The van der Waals surface area contributed by atoms with Gasteiger partial charge in [-0.05, 0) is 42.7 Å². The van der Waals surface area contributed by atoms with Crippen molar-refractivity contribution in [3.63, 3.8) is 0 Å². The third kappa shape index (κ3) is 6.61. The van der Waals surface area contributed by atoms with Crippen molar-refractivity contribution >= 4 is 23.5 Å². The highest BCUT2D eigenvalue weighted by Gasteiger charge is 2.17. The van der Waals surface area contributed by atoms with Gasteiger partial charge in [0, 0.05) is 11.1 Å². The Morgan fingerprint density at radius 3 is 2.37 bits per heavy atom. The minimum Gasteiger partial charge on any atom is -0.488 e. The molecule has 0 unspecified atom stereocenters. The number of hydrogen-bond donors (Lipinski definition) is 1. The number of benzene rings is 2. The third-order valence-corrected chi connectivity index (χ3v) is 4.39. The van der Waals surface area contributed by atoms with Crippen molar-refractivity contribution in [1.82, 2.24) is 5.32 Å². The van der Waals surface area contributed by atoms with Gasteiger partial charge in [0.25, 0.3) is 5.91 Å². The van der Waals surface area contributed by atoms with Gasteiger partial charge in [-0.3, -0.25) is 4.79 Å². The largest absolute Gasteiger partial charge is 0.488 e. The molecule has 1 N–H and O–H groups in total. The van der Waals surface area contributed by atoms with E-state index in [9.17, 15) is 9.59 Å². The fourth-order valence-electron chi connectivity index (χ4n) is 2.17. The second kappa shape index (κ2) is 9.97. The number of ether oxygens (including phenoxy) is 2. The normalized spacial score (nSPS) is 11.7. The zero-order valence-electron chi connectivity index (χ0n) is 15.7. The van der Waals surface area contributed by atoms with Crippen molar-refractivity contribution in [3.05, 3.63) is 64.7 Å². The highest BCUT2D eigenvalue weighted by Crippen LogP contribution is 2.21. The zero-order valence-corrected chi connectivity index (χ0v) is 16.5. The van der Waals surface area contributed by atoms with Crippen molar-refractivity contribution in [1.29, 1.82) is 0 Å². The lowest BCUT2D eigenvalue weighted by Crippen LogP contribution is -2.38. The van der Waals surface area contributed by atoms with Gasteiger partial charge in [-0.15, -0.1) is 0 Å². The summed E-state index contributed by atoms with van der Waals surface area (Å²) in [7, 11) is 0. The molecule has 0 spiro atoms. The minimum atomic E-state index is -0.603. The third-order valence-electron chi connectivity index (χ3n) is 4.14. The van der Waals surface area contributed by atoms with Gasteiger partial charge >= 0.3 is 5.97 Å². The van der Waals surface area contributed by atoms with Crippen LogP contribution >= 0.6 is 11.6 Å². The van der Waals surface area contributed by atoms with Gasteiger partial charge in [-0.25, -0.2) is 4.79 Å². The highest BCUT2D eigenvalue weighted by molar-refractivity contribution is 6.30. The number of rotatable bonds is 8. The van der Waals surface area contributed by atoms with E-state index in [4.69, 9.17) is 21.1 Å². The van der Waals surface area contributed by atoms with Gasteiger partial charge in [-0.1, -0.05) is 49.7 Å². The van der Waals surface area contributed by atoms with E-state index in [1.54, 1.807) is 36.4 Å². The number of halogens is 1. The molecular weight excluding hydrogens is 366 g/mol. The van der Waals surface area contributed by atoms with E-state index in [0.29, 0.717) is 16.7 Å². The Labute approximate surface area is 164 Å². The molecule has 0 heterocycles. The number of amides is 1. The van der Waals surface area contributed by atoms with Crippen molar-refractivity contribution in [2.75, 3.05) is 6.61 Å². The topological polar surface area (TPSA) is 64.6 Å².